The van der Waals surface area contributed by atoms with Crippen LogP contribution in [0.15, 0.2) is 18.3 Å². The van der Waals surface area contributed by atoms with E-state index in [1.807, 2.05) is 12.1 Å². The number of thiocarbonyl (C=S) groups is 1. The van der Waals surface area contributed by atoms with Crippen LogP contribution in [0.1, 0.15) is 45.2 Å². The van der Waals surface area contributed by atoms with Gasteiger partial charge in [-0.25, -0.2) is 0 Å². The van der Waals surface area contributed by atoms with E-state index in [9.17, 15) is 0 Å². The van der Waals surface area contributed by atoms with Crippen LogP contribution in [0.4, 0.5) is 0 Å². The molecule has 0 spiro atoms. The third-order valence-corrected chi connectivity index (χ3v) is 3.29. The van der Waals surface area contributed by atoms with Gasteiger partial charge < -0.3 is 10.3 Å². The molecular formula is C13H22N2S. The summed E-state index contributed by atoms with van der Waals surface area (Å²) in [5.41, 5.74) is 6.68. The maximum absolute atomic E-state index is 5.69. The Morgan fingerprint density at radius 2 is 2.25 bits per heavy atom. The quantitative estimate of drug-likeness (QED) is 0.739. The van der Waals surface area contributed by atoms with E-state index in [-0.39, 0.29) is 0 Å². The molecule has 0 aliphatic carbocycles. The molecule has 1 rings (SSSR count). The Morgan fingerprint density at radius 3 is 2.81 bits per heavy atom. The SMILES string of the molecule is CCCCC(CC)Cn1cccc1C(N)=S. The topological polar surface area (TPSA) is 30.9 Å². The summed E-state index contributed by atoms with van der Waals surface area (Å²) in [6.07, 6.45) is 7.16. The van der Waals surface area contributed by atoms with Gasteiger partial charge in [0.25, 0.3) is 0 Å². The lowest BCUT2D eigenvalue weighted by Gasteiger charge is -2.17. The Bertz CT molecular complexity index is 330. The highest BCUT2D eigenvalue weighted by molar-refractivity contribution is 7.80. The zero-order valence-electron chi connectivity index (χ0n) is 10.3. The van der Waals surface area contributed by atoms with E-state index in [2.05, 4.69) is 24.6 Å². The number of hydrogen-bond donors (Lipinski definition) is 1. The van der Waals surface area contributed by atoms with Crippen molar-refractivity contribution in [3.63, 3.8) is 0 Å². The Labute approximate surface area is 104 Å². The summed E-state index contributed by atoms with van der Waals surface area (Å²) < 4.78 is 2.19. The van der Waals surface area contributed by atoms with E-state index < -0.39 is 0 Å². The van der Waals surface area contributed by atoms with Crippen LogP contribution in [-0.4, -0.2) is 9.56 Å². The lowest BCUT2D eigenvalue weighted by atomic mass is 9.99. The lowest BCUT2D eigenvalue weighted by Crippen LogP contribution is -2.18. The molecular weight excluding hydrogens is 216 g/mol. The second-order valence-electron chi connectivity index (χ2n) is 4.33. The van der Waals surface area contributed by atoms with Gasteiger partial charge in [-0.05, 0) is 24.5 Å². The third-order valence-electron chi connectivity index (χ3n) is 3.08. The molecule has 1 atom stereocenters. The molecule has 0 aliphatic rings. The molecule has 0 bridgehead atoms. The highest BCUT2D eigenvalue weighted by Crippen LogP contribution is 2.16. The molecule has 0 radical (unpaired) electrons. The summed E-state index contributed by atoms with van der Waals surface area (Å²) in [5.74, 6) is 0.737. The van der Waals surface area contributed by atoms with Crippen LogP contribution in [-0.2, 0) is 6.54 Å². The highest BCUT2D eigenvalue weighted by Gasteiger charge is 2.10. The fourth-order valence-electron chi connectivity index (χ4n) is 1.99. The van der Waals surface area contributed by atoms with Gasteiger partial charge in [0.2, 0.25) is 0 Å². The largest absolute Gasteiger partial charge is 0.388 e. The van der Waals surface area contributed by atoms with E-state index in [1.165, 1.54) is 25.7 Å². The number of rotatable bonds is 7. The Morgan fingerprint density at radius 1 is 1.50 bits per heavy atom. The van der Waals surface area contributed by atoms with Crippen LogP contribution in [0, 0.1) is 5.92 Å². The standard InChI is InChI=1S/C13H22N2S/c1-3-5-7-11(4-2)10-15-9-6-8-12(15)13(14)16/h6,8-9,11H,3-5,7,10H2,1-2H3,(H2,14,16). The number of nitrogens with two attached hydrogens (primary N) is 1. The van der Waals surface area contributed by atoms with Gasteiger partial charge in [0.05, 0.1) is 5.69 Å². The molecule has 0 saturated carbocycles. The van der Waals surface area contributed by atoms with Gasteiger partial charge in [-0.2, -0.15) is 0 Å². The van der Waals surface area contributed by atoms with E-state index in [0.29, 0.717) is 4.99 Å². The van der Waals surface area contributed by atoms with Crippen molar-refractivity contribution >= 4 is 17.2 Å². The van der Waals surface area contributed by atoms with E-state index >= 15 is 0 Å². The first-order valence-electron chi connectivity index (χ1n) is 6.14. The summed E-state index contributed by atoms with van der Waals surface area (Å²) in [4.78, 5) is 0.496. The molecule has 2 nitrogen and oxygen atoms in total. The third kappa shape index (κ3) is 3.63. The average Bonchev–Trinajstić information content (AvgIpc) is 2.72. The molecule has 0 aliphatic heterocycles. The van der Waals surface area contributed by atoms with Gasteiger partial charge in [0, 0.05) is 12.7 Å². The molecule has 16 heavy (non-hydrogen) atoms. The second kappa shape index (κ2) is 6.69. The molecule has 2 N–H and O–H groups in total. The van der Waals surface area contributed by atoms with Gasteiger partial charge in [0.15, 0.2) is 0 Å². The molecule has 0 amide bonds. The summed E-state index contributed by atoms with van der Waals surface area (Å²) >= 11 is 5.04. The molecule has 1 aromatic heterocycles. The van der Waals surface area contributed by atoms with Gasteiger partial charge in [0.1, 0.15) is 4.99 Å². The summed E-state index contributed by atoms with van der Waals surface area (Å²) in [6.45, 7) is 5.53. The Kier molecular flexibility index (Phi) is 5.53. The maximum Gasteiger partial charge on any atom is 0.120 e. The smallest absolute Gasteiger partial charge is 0.120 e. The highest BCUT2D eigenvalue weighted by atomic mass is 32.1. The minimum absolute atomic E-state index is 0.496. The van der Waals surface area contributed by atoms with Gasteiger partial charge in [-0.15, -0.1) is 0 Å². The predicted molar refractivity (Wildman–Crippen MR) is 73.6 cm³/mol. The first-order chi connectivity index (χ1) is 7.69. The predicted octanol–water partition coefficient (Wildman–Crippen LogP) is 3.34. The van der Waals surface area contributed by atoms with Gasteiger partial charge in [-0.3, -0.25) is 0 Å². The fraction of sp³-hybridized carbons (Fsp3) is 0.615. The van der Waals surface area contributed by atoms with Crippen LogP contribution in [0.25, 0.3) is 0 Å². The van der Waals surface area contributed by atoms with E-state index in [4.69, 9.17) is 18.0 Å². The number of hydrogen-bond acceptors (Lipinski definition) is 1. The molecule has 1 heterocycles. The zero-order valence-corrected chi connectivity index (χ0v) is 11.1. The number of aromatic nitrogens is 1. The van der Waals surface area contributed by atoms with Gasteiger partial charge >= 0.3 is 0 Å². The average molecular weight is 238 g/mol. The summed E-state index contributed by atoms with van der Waals surface area (Å²) in [7, 11) is 0. The van der Waals surface area contributed by atoms with Crippen molar-refractivity contribution in [1.82, 2.24) is 4.57 Å². The molecule has 0 fully saturated rings. The number of nitrogens with zero attached hydrogens (tertiary/aromatic N) is 1. The molecule has 3 heteroatoms. The molecule has 1 aromatic rings. The van der Waals surface area contributed by atoms with Crippen LogP contribution < -0.4 is 5.73 Å². The van der Waals surface area contributed by atoms with Crippen LogP contribution in [0.3, 0.4) is 0 Å². The van der Waals surface area contributed by atoms with E-state index in [1.54, 1.807) is 0 Å². The van der Waals surface area contributed by atoms with Crippen molar-refractivity contribution in [2.45, 2.75) is 46.1 Å². The first-order valence-corrected chi connectivity index (χ1v) is 6.54. The van der Waals surface area contributed by atoms with Crippen molar-refractivity contribution in [3.8, 4) is 0 Å². The van der Waals surface area contributed by atoms with Crippen molar-refractivity contribution in [2.75, 3.05) is 0 Å². The molecule has 1 unspecified atom stereocenters. The van der Waals surface area contributed by atoms with E-state index in [0.717, 1.165) is 18.2 Å². The number of unbranched alkanes of at least 4 members (excludes halogenated alkanes) is 1. The summed E-state index contributed by atoms with van der Waals surface area (Å²) in [6, 6.07) is 4.01. The van der Waals surface area contributed by atoms with Crippen molar-refractivity contribution in [2.24, 2.45) is 11.7 Å². The van der Waals surface area contributed by atoms with Crippen molar-refractivity contribution in [3.05, 3.63) is 24.0 Å². The monoisotopic (exact) mass is 238 g/mol. The molecule has 0 aromatic carbocycles. The lowest BCUT2D eigenvalue weighted by molar-refractivity contribution is 0.390. The first kappa shape index (κ1) is 13.2. The zero-order chi connectivity index (χ0) is 12.0. The fourth-order valence-corrected chi connectivity index (χ4v) is 2.18. The minimum atomic E-state index is 0.496. The van der Waals surface area contributed by atoms with Crippen LogP contribution in [0.5, 0.6) is 0 Å². The second-order valence-corrected chi connectivity index (χ2v) is 4.77. The molecule has 90 valence electrons. The Hall–Kier alpha value is -0.830. The summed E-state index contributed by atoms with van der Waals surface area (Å²) in [5, 5.41) is 0. The van der Waals surface area contributed by atoms with Crippen LogP contribution >= 0.6 is 12.2 Å². The Balaban J connectivity index is 2.62. The van der Waals surface area contributed by atoms with Crippen molar-refractivity contribution in [1.29, 1.82) is 0 Å². The van der Waals surface area contributed by atoms with Gasteiger partial charge in [-0.1, -0.05) is 45.3 Å². The van der Waals surface area contributed by atoms with Crippen LogP contribution in [0.2, 0.25) is 0 Å². The maximum atomic E-state index is 5.69. The minimum Gasteiger partial charge on any atom is -0.388 e. The van der Waals surface area contributed by atoms with Crippen molar-refractivity contribution < 1.29 is 0 Å². The molecule has 0 saturated heterocycles. The normalized spacial score (nSPS) is 12.6.